The number of amidine groups is 1. The Hall–Kier alpha value is -2.64. The van der Waals surface area contributed by atoms with E-state index in [4.69, 9.17) is 25.8 Å². The van der Waals surface area contributed by atoms with Crippen LogP contribution in [-0.2, 0) is 4.79 Å². The van der Waals surface area contributed by atoms with E-state index in [-0.39, 0.29) is 12.7 Å². The van der Waals surface area contributed by atoms with Gasteiger partial charge in [-0.3, -0.25) is 4.79 Å². The lowest BCUT2D eigenvalue weighted by Crippen LogP contribution is -2.19. The van der Waals surface area contributed by atoms with Crippen molar-refractivity contribution in [1.29, 1.82) is 0 Å². The summed E-state index contributed by atoms with van der Waals surface area (Å²) < 4.78 is 16.2. The zero-order valence-corrected chi connectivity index (χ0v) is 16.1. The molecule has 0 spiro atoms. The minimum Gasteiger partial charge on any atom is -0.496 e. The van der Waals surface area contributed by atoms with Crippen molar-refractivity contribution in [2.24, 2.45) is 4.99 Å². The number of hydrogen-bond donors (Lipinski definition) is 1. The van der Waals surface area contributed by atoms with Gasteiger partial charge >= 0.3 is 0 Å². The second-order valence-electron chi connectivity index (χ2n) is 5.86. The molecule has 2 aliphatic heterocycles. The Balaban J connectivity index is 1.65. The third kappa shape index (κ3) is 3.61. The molecule has 8 heteroatoms. The molecule has 1 amide bonds. The van der Waals surface area contributed by atoms with E-state index in [9.17, 15) is 4.79 Å². The molecule has 0 aromatic heterocycles. The summed E-state index contributed by atoms with van der Waals surface area (Å²) >= 11 is 7.29. The second kappa shape index (κ2) is 7.17. The normalized spacial score (nSPS) is 18.3. The Morgan fingerprint density at radius 2 is 2.04 bits per heavy atom. The lowest BCUT2D eigenvalue weighted by molar-refractivity contribution is -0.115. The summed E-state index contributed by atoms with van der Waals surface area (Å²) in [4.78, 5) is 17.4. The Morgan fingerprint density at radius 3 is 2.81 bits per heavy atom. The third-order valence-electron chi connectivity index (χ3n) is 4.06. The lowest BCUT2D eigenvalue weighted by atomic mass is 10.1. The van der Waals surface area contributed by atoms with Crippen LogP contribution in [0.1, 0.15) is 11.1 Å². The molecule has 0 aliphatic carbocycles. The highest BCUT2D eigenvalue weighted by Crippen LogP contribution is 2.40. The smallest absolute Gasteiger partial charge is 0.264 e. The fourth-order valence-electron chi connectivity index (χ4n) is 2.66. The van der Waals surface area contributed by atoms with Crippen molar-refractivity contribution >= 4 is 46.2 Å². The predicted octanol–water partition coefficient (Wildman–Crippen LogP) is 4.28. The van der Waals surface area contributed by atoms with Gasteiger partial charge in [-0.25, -0.2) is 4.99 Å². The summed E-state index contributed by atoms with van der Waals surface area (Å²) in [5.41, 5.74) is 2.41. The minimum atomic E-state index is -0.224. The highest BCUT2D eigenvalue weighted by Gasteiger charge is 2.25. The van der Waals surface area contributed by atoms with Crippen molar-refractivity contribution in [2.45, 2.75) is 6.92 Å². The molecule has 1 N–H and O–H groups in total. The molecular formula is C19H15ClN2O4S. The van der Waals surface area contributed by atoms with Crippen LogP contribution in [0.25, 0.3) is 6.08 Å². The fourth-order valence-corrected chi connectivity index (χ4v) is 3.65. The van der Waals surface area contributed by atoms with E-state index in [2.05, 4.69) is 10.3 Å². The summed E-state index contributed by atoms with van der Waals surface area (Å²) in [6.45, 7) is 2.11. The van der Waals surface area contributed by atoms with E-state index < -0.39 is 0 Å². The van der Waals surface area contributed by atoms with Gasteiger partial charge in [0.15, 0.2) is 16.7 Å². The predicted molar refractivity (Wildman–Crippen MR) is 106 cm³/mol. The molecule has 4 rings (SSSR count). The van der Waals surface area contributed by atoms with Gasteiger partial charge in [-0.1, -0.05) is 17.7 Å². The molecule has 138 valence electrons. The fraction of sp³-hybridized carbons (Fsp3) is 0.158. The first-order valence-electron chi connectivity index (χ1n) is 8.07. The number of halogens is 1. The van der Waals surface area contributed by atoms with Crippen LogP contribution in [0.15, 0.2) is 40.2 Å². The maximum absolute atomic E-state index is 12.4. The van der Waals surface area contributed by atoms with Crippen molar-refractivity contribution in [3.63, 3.8) is 0 Å². The average Bonchev–Trinajstić information content (AvgIpc) is 3.23. The summed E-state index contributed by atoms with van der Waals surface area (Å²) in [7, 11) is 1.57. The number of methoxy groups -OCH3 is 1. The quantitative estimate of drug-likeness (QED) is 0.776. The molecule has 0 saturated carbocycles. The van der Waals surface area contributed by atoms with Gasteiger partial charge in [0.25, 0.3) is 5.91 Å². The number of aliphatic imine (C=N–C) groups is 1. The average molecular weight is 403 g/mol. The van der Waals surface area contributed by atoms with Crippen molar-refractivity contribution in [3.8, 4) is 17.2 Å². The van der Waals surface area contributed by atoms with E-state index in [1.54, 1.807) is 37.5 Å². The molecule has 1 saturated heterocycles. The van der Waals surface area contributed by atoms with Crippen LogP contribution in [0.4, 0.5) is 5.69 Å². The van der Waals surface area contributed by atoms with E-state index in [1.165, 1.54) is 11.8 Å². The van der Waals surface area contributed by atoms with Crippen LogP contribution in [0, 0.1) is 6.92 Å². The number of rotatable bonds is 3. The number of nitrogens with one attached hydrogen (secondary N) is 1. The standard InChI is InChI=1S/C19H15ClN2O4S/c1-10-3-4-12(20)7-13(10)21-19-22-18(23)17(27-19)6-11-5-15-16(26-9-25-15)8-14(11)24-2/h3-8H,9H2,1-2H3,(H,21,22,23). The highest BCUT2D eigenvalue weighted by molar-refractivity contribution is 8.18. The topological polar surface area (TPSA) is 69.2 Å². The maximum Gasteiger partial charge on any atom is 0.264 e. The maximum atomic E-state index is 12.4. The number of aryl methyl sites for hydroxylation is 1. The van der Waals surface area contributed by atoms with Crippen molar-refractivity contribution in [1.82, 2.24) is 5.32 Å². The monoisotopic (exact) mass is 402 g/mol. The zero-order valence-electron chi connectivity index (χ0n) is 14.5. The number of nitrogens with zero attached hydrogens (tertiary/aromatic N) is 1. The molecule has 1 fully saturated rings. The minimum absolute atomic E-state index is 0.170. The molecule has 2 aromatic carbocycles. The molecule has 2 aliphatic rings. The first-order valence-corrected chi connectivity index (χ1v) is 9.26. The summed E-state index contributed by atoms with van der Waals surface area (Å²) in [5, 5.41) is 3.86. The summed E-state index contributed by atoms with van der Waals surface area (Å²) in [6, 6.07) is 8.99. The van der Waals surface area contributed by atoms with Crippen LogP contribution in [-0.4, -0.2) is 25.0 Å². The number of carbonyl (C=O) groups excluding carboxylic acids is 1. The molecule has 0 radical (unpaired) electrons. The first kappa shape index (κ1) is 17.8. The van der Waals surface area contributed by atoms with Crippen molar-refractivity contribution in [2.75, 3.05) is 13.9 Å². The second-order valence-corrected chi connectivity index (χ2v) is 7.33. The SMILES string of the molecule is COc1cc2c(cc1C=C1SC(=Nc3cc(Cl)ccc3C)NC1=O)OCO2. The van der Waals surface area contributed by atoms with Gasteiger partial charge in [-0.15, -0.1) is 0 Å². The van der Waals surface area contributed by atoms with Gasteiger partial charge < -0.3 is 19.5 Å². The summed E-state index contributed by atoms with van der Waals surface area (Å²) in [6.07, 6.45) is 1.74. The molecule has 2 aromatic rings. The third-order valence-corrected chi connectivity index (χ3v) is 5.20. The number of ether oxygens (including phenoxy) is 3. The Kier molecular flexibility index (Phi) is 4.72. The van der Waals surface area contributed by atoms with Gasteiger partial charge in [0.05, 0.1) is 17.7 Å². The van der Waals surface area contributed by atoms with Gasteiger partial charge in [-0.05, 0) is 48.5 Å². The number of fused-ring (bicyclic) bond motifs is 1. The van der Waals surface area contributed by atoms with Gasteiger partial charge in [0, 0.05) is 16.7 Å². The van der Waals surface area contributed by atoms with Crippen LogP contribution >= 0.6 is 23.4 Å². The van der Waals surface area contributed by atoms with Gasteiger partial charge in [0.1, 0.15) is 5.75 Å². The van der Waals surface area contributed by atoms with Crippen LogP contribution in [0.3, 0.4) is 0 Å². The van der Waals surface area contributed by atoms with Gasteiger partial charge in [-0.2, -0.15) is 0 Å². The van der Waals surface area contributed by atoms with Crippen LogP contribution < -0.4 is 19.5 Å². The Labute approximate surface area is 165 Å². The molecule has 0 bridgehead atoms. The number of hydrogen-bond acceptors (Lipinski definition) is 6. The zero-order chi connectivity index (χ0) is 19.0. The molecule has 2 heterocycles. The molecular weight excluding hydrogens is 388 g/mol. The number of benzene rings is 2. The number of carbonyl (C=O) groups is 1. The van der Waals surface area contributed by atoms with E-state index in [0.717, 1.165) is 11.1 Å². The largest absolute Gasteiger partial charge is 0.496 e. The molecule has 0 atom stereocenters. The van der Waals surface area contributed by atoms with E-state index in [0.29, 0.717) is 38.0 Å². The van der Waals surface area contributed by atoms with Crippen LogP contribution in [0.2, 0.25) is 5.02 Å². The molecule has 0 unspecified atom stereocenters. The number of amides is 1. The highest BCUT2D eigenvalue weighted by atomic mass is 35.5. The Bertz CT molecular complexity index is 1000. The number of thioether (sulfide) groups is 1. The molecule has 6 nitrogen and oxygen atoms in total. The van der Waals surface area contributed by atoms with Gasteiger partial charge in [0.2, 0.25) is 6.79 Å². The van der Waals surface area contributed by atoms with E-state index >= 15 is 0 Å². The summed E-state index contributed by atoms with van der Waals surface area (Å²) in [5.74, 6) is 1.61. The van der Waals surface area contributed by atoms with Crippen molar-refractivity contribution < 1.29 is 19.0 Å². The molecule has 27 heavy (non-hydrogen) atoms. The first-order chi connectivity index (χ1) is 13.0. The lowest BCUT2D eigenvalue weighted by Gasteiger charge is -2.06. The van der Waals surface area contributed by atoms with Crippen LogP contribution in [0.5, 0.6) is 17.2 Å². The van der Waals surface area contributed by atoms with Crippen molar-refractivity contribution in [3.05, 3.63) is 51.4 Å². The van der Waals surface area contributed by atoms with E-state index in [1.807, 2.05) is 13.0 Å². The Morgan fingerprint density at radius 1 is 1.26 bits per heavy atom.